The highest BCUT2D eigenvalue weighted by Crippen LogP contribution is 2.36. The average Bonchev–Trinajstić information content (AvgIpc) is 2.79. The molecule has 3 aromatic rings. The maximum Gasteiger partial charge on any atom is 0.416 e. The number of nitrogens with zero attached hydrogens (tertiary/aromatic N) is 2. The first kappa shape index (κ1) is 21.4. The van der Waals surface area contributed by atoms with Crippen molar-refractivity contribution in [2.75, 3.05) is 31.1 Å². The zero-order valence-corrected chi connectivity index (χ0v) is 17.8. The summed E-state index contributed by atoms with van der Waals surface area (Å²) >= 11 is 0. The van der Waals surface area contributed by atoms with E-state index >= 15 is 0 Å². The van der Waals surface area contributed by atoms with Crippen LogP contribution < -0.4 is 4.90 Å². The third-order valence-corrected chi connectivity index (χ3v) is 5.92. The van der Waals surface area contributed by atoms with Crippen molar-refractivity contribution in [3.63, 3.8) is 0 Å². The van der Waals surface area contributed by atoms with E-state index in [1.807, 2.05) is 54.6 Å². The van der Waals surface area contributed by atoms with Crippen LogP contribution >= 0.6 is 0 Å². The SMILES string of the molecule is CC(C)N1CCN(c2cc(-c3ccc(-c4cc[c]cc4)cc3)cc(C(F)(F)F)c2)CC1. The van der Waals surface area contributed by atoms with E-state index in [2.05, 4.69) is 29.7 Å². The second-order valence-electron chi connectivity index (χ2n) is 8.25. The molecule has 0 amide bonds. The van der Waals surface area contributed by atoms with Gasteiger partial charge in [-0.15, -0.1) is 0 Å². The number of alkyl halides is 3. The Bertz CT molecular complexity index is 1000. The van der Waals surface area contributed by atoms with Gasteiger partial charge in [0.2, 0.25) is 0 Å². The number of piperazine rings is 1. The maximum absolute atomic E-state index is 13.7. The first-order chi connectivity index (χ1) is 14.8. The van der Waals surface area contributed by atoms with Crippen molar-refractivity contribution in [1.29, 1.82) is 0 Å². The van der Waals surface area contributed by atoms with E-state index in [4.69, 9.17) is 0 Å². The Balaban J connectivity index is 1.65. The molecule has 0 bridgehead atoms. The summed E-state index contributed by atoms with van der Waals surface area (Å²) in [6, 6.07) is 23.2. The summed E-state index contributed by atoms with van der Waals surface area (Å²) in [5, 5.41) is 0. The second-order valence-corrected chi connectivity index (χ2v) is 8.25. The fourth-order valence-electron chi connectivity index (χ4n) is 4.06. The van der Waals surface area contributed by atoms with Crippen molar-refractivity contribution < 1.29 is 13.2 Å². The molecule has 1 saturated heterocycles. The monoisotopic (exact) mass is 423 g/mol. The molecule has 0 aliphatic carbocycles. The van der Waals surface area contributed by atoms with Crippen LogP contribution in [0.3, 0.4) is 0 Å². The van der Waals surface area contributed by atoms with E-state index in [1.165, 1.54) is 12.1 Å². The van der Waals surface area contributed by atoms with Crippen molar-refractivity contribution in [2.24, 2.45) is 0 Å². The Hall–Kier alpha value is -2.79. The Morgan fingerprint density at radius 3 is 1.84 bits per heavy atom. The third-order valence-electron chi connectivity index (χ3n) is 5.92. The smallest absolute Gasteiger partial charge is 0.369 e. The molecule has 0 saturated carbocycles. The Morgan fingerprint density at radius 1 is 0.742 bits per heavy atom. The van der Waals surface area contributed by atoms with Crippen LogP contribution in [0.25, 0.3) is 22.3 Å². The van der Waals surface area contributed by atoms with Gasteiger partial charge < -0.3 is 4.90 Å². The van der Waals surface area contributed by atoms with Crippen LogP contribution in [0.5, 0.6) is 0 Å². The van der Waals surface area contributed by atoms with Crippen LogP contribution in [0.2, 0.25) is 0 Å². The van der Waals surface area contributed by atoms with Crippen molar-refractivity contribution in [3.8, 4) is 22.3 Å². The van der Waals surface area contributed by atoms with E-state index in [9.17, 15) is 13.2 Å². The lowest BCUT2D eigenvalue weighted by molar-refractivity contribution is -0.137. The first-order valence-electron chi connectivity index (χ1n) is 10.6. The predicted molar refractivity (Wildman–Crippen MR) is 120 cm³/mol. The third kappa shape index (κ3) is 4.93. The number of halogens is 3. The van der Waals surface area contributed by atoms with Crippen LogP contribution in [-0.2, 0) is 6.18 Å². The molecule has 161 valence electrons. The Morgan fingerprint density at radius 2 is 1.29 bits per heavy atom. The molecule has 1 aliphatic rings. The molecule has 31 heavy (non-hydrogen) atoms. The van der Waals surface area contributed by atoms with Crippen molar-refractivity contribution in [3.05, 3.63) is 78.4 Å². The van der Waals surface area contributed by atoms with Gasteiger partial charge in [-0.1, -0.05) is 48.5 Å². The Kier molecular flexibility index (Phi) is 6.05. The molecule has 1 heterocycles. The van der Waals surface area contributed by atoms with Crippen LogP contribution in [0, 0.1) is 6.07 Å². The number of benzene rings is 3. The first-order valence-corrected chi connectivity index (χ1v) is 10.6. The summed E-state index contributed by atoms with van der Waals surface area (Å²) in [5.41, 5.74) is 3.47. The van der Waals surface area contributed by atoms with E-state index < -0.39 is 11.7 Å². The van der Waals surface area contributed by atoms with E-state index in [-0.39, 0.29) is 0 Å². The zero-order chi connectivity index (χ0) is 22.0. The van der Waals surface area contributed by atoms with E-state index in [0.717, 1.165) is 42.9 Å². The van der Waals surface area contributed by atoms with Crippen molar-refractivity contribution in [2.45, 2.75) is 26.1 Å². The molecule has 1 aliphatic heterocycles. The fourth-order valence-corrected chi connectivity index (χ4v) is 4.06. The van der Waals surface area contributed by atoms with Gasteiger partial charge in [-0.2, -0.15) is 13.2 Å². The standard InChI is InChI=1S/C26H26F3N2/c1-19(2)30-12-14-31(15-13-30)25-17-23(16-24(18-25)26(27,28)29)22-10-8-21(9-11-22)20-6-4-3-5-7-20/h4-11,16-19H,12-15H2,1-2H3. The maximum atomic E-state index is 13.7. The van der Waals surface area contributed by atoms with Crippen LogP contribution in [-0.4, -0.2) is 37.1 Å². The quantitative estimate of drug-likeness (QED) is 0.481. The van der Waals surface area contributed by atoms with E-state index in [1.54, 1.807) is 0 Å². The molecule has 1 fully saturated rings. The van der Waals surface area contributed by atoms with Gasteiger partial charge in [-0.3, -0.25) is 4.90 Å². The highest BCUT2D eigenvalue weighted by atomic mass is 19.4. The lowest BCUT2D eigenvalue weighted by Gasteiger charge is -2.38. The largest absolute Gasteiger partial charge is 0.416 e. The van der Waals surface area contributed by atoms with Crippen LogP contribution in [0.1, 0.15) is 19.4 Å². The summed E-state index contributed by atoms with van der Waals surface area (Å²) in [6.07, 6.45) is -4.38. The second kappa shape index (κ2) is 8.75. The van der Waals surface area contributed by atoms with Gasteiger partial charge in [0, 0.05) is 37.9 Å². The van der Waals surface area contributed by atoms with Gasteiger partial charge >= 0.3 is 6.18 Å². The molecular formula is C26H26F3N2. The average molecular weight is 424 g/mol. The molecule has 5 heteroatoms. The molecule has 0 aromatic heterocycles. The topological polar surface area (TPSA) is 6.48 Å². The summed E-state index contributed by atoms with van der Waals surface area (Å²) in [5.74, 6) is 0. The predicted octanol–water partition coefficient (Wildman–Crippen LogP) is 6.37. The normalized spacial score (nSPS) is 15.5. The zero-order valence-electron chi connectivity index (χ0n) is 17.8. The summed E-state index contributed by atoms with van der Waals surface area (Å²) in [7, 11) is 0. The number of hydrogen-bond acceptors (Lipinski definition) is 2. The van der Waals surface area contributed by atoms with Gasteiger partial charge in [0.1, 0.15) is 0 Å². The minimum atomic E-state index is -4.38. The molecule has 3 aromatic carbocycles. The molecular weight excluding hydrogens is 397 g/mol. The summed E-state index contributed by atoms with van der Waals surface area (Å²) in [4.78, 5) is 4.41. The van der Waals surface area contributed by atoms with Gasteiger partial charge in [0.05, 0.1) is 5.56 Å². The number of hydrogen-bond donors (Lipinski definition) is 0. The molecule has 0 N–H and O–H groups in total. The van der Waals surface area contributed by atoms with E-state index in [0.29, 0.717) is 17.3 Å². The molecule has 2 nitrogen and oxygen atoms in total. The molecule has 4 rings (SSSR count). The lowest BCUT2D eigenvalue weighted by Crippen LogP contribution is -2.48. The van der Waals surface area contributed by atoms with Gasteiger partial charge in [-0.05, 0) is 60.4 Å². The molecule has 0 spiro atoms. The number of anilines is 1. The highest BCUT2D eigenvalue weighted by Gasteiger charge is 2.32. The summed E-state index contributed by atoms with van der Waals surface area (Å²) in [6.45, 7) is 7.45. The van der Waals surface area contributed by atoms with Crippen LogP contribution in [0.15, 0.2) is 66.7 Å². The molecule has 0 atom stereocenters. The highest BCUT2D eigenvalue weighted by molar-refractivity contribution is 5.73. The molecule has 1 radical (unpaired) electrons. The van der Waals surface area contributed by atoms with Crippen molar-refractivity contribution >= 4 is 5.69 Å². The van der Waals surface area contributed by atoms with Gasteiger partial charge in [0.15, 0.2) is 0 Å². The van der Waals surface area contributed by atoms with Crippen molar-refractivity contribution in [1.82, 2.24) is 4.90 Å². The Labute approximate surface area is 181 Å². The van der Waals surface area contributed by atoms with Gasteiger partial charge in [0.25, 0.3) is 0 Å². The summed E-state index contributed by atoms with van der Waals surface area (Å²) < 4.78 is 41.0. The number of rotatable bonds is 4. The van der Waals surface area contributed by atoms with Gasteiger partial charge in [-0.25, -0.2) is 0 Å². The van der Waals surface area contributed by atoms with Crippen LogP contribution in [0.4, 0.5) is 18.9 Å². The fraction of sp³-hybridized carbons (Fsp3) is 0.308. The molecule has 0 unspecified atom stereocenters. The minimum Gasteiger partial charge on any atom is -0.369 e. The minimum absolute atomic E-state index is 0.445. The lowest BCUT2D eigenvalue weighted by atomic mass is 9.98.